The number of esters is 1. The standard InChI is InChI=1S/C34H41O4S.3CH3.Sn/c1-4-5-6-13-32(38-24-25-14-20-29(36-2)21-15-25)28-18-16-27(17-19-28)31-12-8-10-26(31)9-7-11-30-22-23-33(39-30)34(35)37-3;;;;/h14-23,26,32H,4-11,13,24H2,1-3H3;3*1H3;/t26-,32?;;;;/m0..../s1. The van der Waals surface area contributed by atoms with Crippen molar-refractivity contribution < 1.29 is 19.0 Å². The fraction of sp³-hybridized carbons (Fsp3) is 0.486. The number of ether oxygens (including phenoxy) is 3. The van der Waals surface area contributed by atoms with Crippen molar-refractivity contribution in [2.45, 2.75) is 92.2 Å². The number of rotatable bonds is 16. The van der Waals surface area contributed by atoms with Crippen LogP contribution in [0, 0.1) is 5.92 Å². The van der Waals surface area contributed by atoms with E-state index in [2.05, 4.69) is 64.2 Å². The second-order valence-corrected chi connectivity index (χ2v) is 28.5. The molecule has 1 heterocycles. The number of allylic oxidation sites excluding steroid dienone is 2. The van der Waals surface area contributed by atoms with Gasteiger partial charge in [-0.05, 0) is 0 Å². The van der Waals surface area contributed by atoms with E-state index in [1.54, 1.807) is 24.0 Å². The maximum absolute atomic E-state index is 11.9. The Morgan fingerprint density at radius 1 is 0.953 bits per heavy atom. The molecule has 4 nitrogen and oxygen atoms in total. The molecular weight excluding hydrogens is 659 g/mol. The predicted molar refractivity (Wildman–Crippen MR) is 183 cm³/mol. The third-order valence-electron chi connectivity index (χ3n) is 8.68. The molecule has 0 bridgehead atoms. The van der Waals surface area contributed by atoms with Crippen LogP contribution in [0.25, 0.3) is 5.57 Å². The Labute approximate surface area is 267 Å². The zero-order valence-electron chi connectivity index (χ0n) is 27.0. The molecule has 0 N–H and O–H groups in total. The topological polar surface area (TPSA) is 44.8 Å². The number of benzene rings is 2. The normalized spacial score (nSPS) is 16.0. The molecule has 0 saturated carbocycles. The van der Waals surface area contributed by atoms with E-state index in [-0.39, 0.29) is 12.1 Å². The van der Waals surface area contributed by atoms with Crippen LogP contribution in [0.2, 0.25) is 14.8 Å². The van der Waals surface area contributed by atoms with E-state index in [1.165, 1.54) is 67.2 Å². The molecule has 4 rings (SSSR count). The first-order valence-corrected chi connectivity index (χ1v) is 26.8. The maximum atomic E-state index is 11.9. The molecule has 0 saturated heterocycles. The van der Waals surface area contributed by atoms with Crippen molar-refractivity contribution in [3.63, 3.8) is 0 Å². The number of hydrogen-bond acceptors (Lipinski definition) is 5. The van der Waals surface area contributed by atoms with E-state index >= 15 is 0 Å². The van der Waals surface area contributed by atoms with Crippen LogP contribution < -0.4 is 4.74 Å². The van der Waals surface area contributed by atoms with Gasteiger partial charge in [-0.2, -0.15) is 0 Å². The number of thiophene rings is 1. The Morgan fingerprint density at radius 3 is 2.35 bits per heavy atom. The molecule has 6 heteroatoms. The van der Waals surface area contributed by atoms with Crippen LogP contribution in [0.4, 0.5) is 0 Å². The van der Waals surface area contributed by atoms with Gasteiger partial charge in [-0.15, -0.1) is 0 Å². The van der Waals surface area contributed by atoms with Crippen molar-refractivity contribution >= 4 is 41.3 Å². The van der Waals surface area contributed by atoms with Crippen LogP contribution in [0.1, 0.15) is 95.6 Å². The number of carbonyl (C=O) groups is 1. The Hall–Kier alpha value is -2.09. The molecule has 0 amide bonds. The van der Waals surface area contributed by atoms with Gasteiger partial charge in [0, 0.05) is 0 Å². The molecule has 3 aromatic rings. The second-order valence-electron chi connectivity index (χ2n) is 12.8. The number of unbranched alkanes of at least 4 members (excludes halogenated alkanes) is 2. The first kappa shape index (κ1) is 33.8. The molecule has 232 valence electrons. The zero-order chi connectivity index (χ0) is 30.8. The molecule has 43 heavy (non-hydrogen) atoms. The van der Waals surface area contributed by atoms with Crippen molar-refractivity contribution in [3.8, 4) is 5.75 Å². The first-order chi connectivity index (χ1) is 20.7. The predicted octanol–water partition coefficient (Wildman–Crippen LogP) is 10.4. The van der Waals surface area contributed by atoms with Gasteiger partial charge in [-0.3, -0.25) is 0 Å². The van der Waals surface area contributed by atoms with Crippen LogP contribution >= 0.6 is 11.3 Å². The molecule has 0 radical (unpaired) electrons. The second kappa shape index (κ2) is 16.3. The summed E-state index contributed by atoms with van der Waals surface area (Å²) in [7, 11) is 3.15. The number of hydrogen-bond donors (Lipinski definition) is 0. The van der Waals surface area contributed by atoms with E-state index in [1.807, 2.05) is 21.8 Å². The monoisotopic (exact) mass is 710 g/mol. The van der Waals surface area contributed by atoms with E-state index in [0.29, 0.717) is 17.4 Å². The molecule has 2 aromatic carbocycles. The van der Waals surface area contributed by atoms with Crippen LogP contribution in [-0.2, 0) is 22.5 Å². The molecule has 1 unspecified atom stereocenters. The molecular formula is C37H50O4SSn. The molecule has 1 aliphatic rings. The Bertz CT molecular complexity index is 1330. The van der Waals surface area contributed by atoms with Crippen molar-refractivity contribution in [3.05, 3.63) is 90.7 Å². The van der Waals surface area contributed by atoms with Crippen molar-refractivity contribution in [1.29, 1.82) is 0 Å². The van der Waals surface area contributed by atoms with Crippen molar-refractivity contribution in [2.75, 3.05) is 14.2 Å². The zero-order valence-corrected chi connectivity index (χ0v) is 30.7. The van der Waals surface area contributed by atoms with Gasteiger partial charge in [-0.25, -0.2) is 0 Å². The number of aryl methyl sites for hydroxylation is 1. The van der Waals surface area contributed by atoms with E-state index in [0.717, 1.165) is 25.0 Å². The van der Waals surface area contributed by atoms with Gasteiger partial charge in [-0.1, -0.05) is 0 Å². The third kappa shape index (κ3) is 9.45. The summed E-state index contributed by atoms with van der Waals surface area (Å²) in [6.07, 6.45) is 10.6. The Morgan fingerprint density at radius 2 is 1.70 bits per heavy atom. The van der Waals surface area contributed by atoms with Gasteiger partial charge >= 0.3 is 251 Å². The average molecular weight is 710 g/mol. The SMILES string of the molecule is CCCCCC(OCc1ccc(OC)cc1)c1ccc(C2=[C]([Sn]([CH3])([CH3])[CH3])CC[C@@H]2CCCc2ccc(C(=O)OC)s2)cc1. The van der Waals surface area contributed by atoms with Crippen LogP contribution in [0.5, 0.6) is 5.75 Å². The summed E-state index contributed by atoms with van der Waals surface area (Å²) in [5.41, 5.74) is 5.52. The summed E-state index contributed by atoms with van der Waals surface area (Å²) in [4.78, 5) is 21.5. The molecule has 0 aliphatic heterocycles. The summed E-state index contributed by atoms with van der Waals surface area (Å²) in [5.74, 6) is 1.25. The average Bonchev–Trinajstić information content (AvgIpc) is 3.67. The quantitative estimate of drug-likeness (QED) is 0.0844. The van der Waals surface area contributed by atoms with Gasteiger partial charge in [0.1, 0.15) is 5.75 Å². The van der Waals surface area contributed by atoms with Gasteiger partial charge in [0.2, 0.25) is 0 Å². The third-order valence-corrected chi connectivity index (χ3v) is 16.5. The van der Waals surface area contributed by atoms with Crippen LogP contribution in [0.3, 0.4) is 0 Å². The van der Waals surface area contributed by atoms with Crippen LogP contribution in [-0.4, -0.2) is 38.6 Å². The van der Waals surface area contributed by atoms with Gasteiger partial charge in [0.25, 0.3) is 0 Å². The molecule has 2 atom stereocenters. The summed E-state index contributed by atoms with van der Waals surface area (Å²) >= 11 is -0.691. The molecule has 1 aromatic heterocycles. The Kier molecular flexibility index (Phi) is 12.8. The first-order valence-electron chi connectivity index (χ1n) is 16.0. The number of methoxy groups -OCH3 is 2. The summed E-state index contributed by atoms with van der Waals surface area (Å²) < 4.78 is 18.6. The van der Waals surface area contributed by atoms with Gasteiger partial charge in [0.15, 0.2) is 0 Å². The van der Waals surface area contributed by atoms with E-state index < -0.39 is 18.4 Å². The van der Waals surface area contributed by atoms with Gasteiger partial charge < -0.3 is 4.74 Å². The van der Waals surface area contributed by atoms with E-state index in [4.69, 9.17) is 14.2 Å². The molecule has 0 fully saturated rings. The summed E-state index contributed by atoms with van der Waals surface area (Å²) in [6.45, 7) is 2.86. The molecule has 0 spiro atoms. The minimum absolute atomic E-state index is 0.0954. The molecule has 1 aliphatic carbocycles. The Balaban J connectivity index is 1.47. The van der Waals surface area contributed by atoms with Crippen LogP contribution in [0.15, 0.2) is 64.3 Å². The minimum atomic E-state index is -2.26. The van der Waals surface area contributed by atoms with Gasteiger partial charge in [0.05, 0.1) is 7.11 Å². The fourth-order valence-corrected chi connectivity index (χ4v) is 13.1. The summed E-state index contributed by atoms with van der Waals surface area (Å²) in [6, 6.07) is 21.6. The van der Waals surface area contributed by atoms with Crippen molar-refractivity contribution in [2.24, 2.45) is 5.92 Å². The fourth-order valence-electron chi connectivity index (χ4n) is 6.29. The summed E-state index contributed by atoms with van der Waals surface area (Å²) in [5, 5.41) is 0. The number of carbonyl (C=O) groups excluding carboxylic acids is 1. The van der Waals surface area contributed by atoms with E-state index in [9.17, 15) is 4.79 Å². The van der Waals surface area contributed by atoms with Crippen molar-refractivity contribution in [1.82, 2.24) is 0 Å².